The van der Waals surface area contributed by atoms with Gasteiger partial charge in [-0.15, -0.1) is 11.3 Å². The molecule has 0 amide bonds. The molecule has 0 fully saturated rings. The fourth-order valence-electron chi connectivity index (χ4n) is 1.06. The number of ether oxygens (including phenoxy) is 2. The van der Waals surface area contributed by atoms with Gasteiger partial charge in [-0.05, 0) is 13.8 Å². The molecule has 0 saturated heterocycles. The van der Waals surface area contributed by atoms with Gasteiger partial charge in [0.25, 0.3) is 0 Å². The quantitative estimate of drug-likeness (QED) is 0.765. The van der Waals surface area contributed by atoms with Crippen LogP contribution in [-0.2, 0) is 16.1 Å². The maximum absolute atomic E-state index is 11.4. The van der Waals surface area contributed by atoms with E-state index in [9.17, 15) is 4.79 Å². The molecular formula is C11H19NO3S. The molecule has 0 atom stereocenters. The molecule has 16 heavy (non-hydrogen) atoms. The zero-order valence-electron chi connectivity index (χ0n) is 10.5. The highest BCUT2D eigenvalue weighted by Crippen LogP contribution is 2.19. The van der Waals surface area contributed by atoms with Crippen LogP contribution in [0.15, 0.2) is 0 Å². The van der Waals surface area contributed by atoms with Crippen LogP contribution in [0.2, 0.25) is 0 Å². The van der Waals surface area contributed by atoms with Crippen molar-refractivity contribution in [3.05, 3.63) is 15.6 Å². The highest BCUT2D eigenvalue weighted by Gasteiger charge is 2.17. The number of aromatic nitrogens is 1. The summed E-state index contributed by atoms with van der Waals surface area (Å²) in [5.74, 6) is -0.315. The molecule has 0 spiro atoms. The third-order valence-electron chi connectivity index (χ3n) is 1.55. The summed E-state index contributed by atoms with van der Waals surface area (Å²) in [5, 5.41) is 0.847. The number of aryl methyl sites for hydroxylation is 1. The van der Waals surface area contributed by atoms with Crippen LogP contribution in [-0.4, -0.2) is 24.7 Å². The van der Waals surface area contributed by atoms with Crippen molar-refractivity contribution < 1.29 is 14.3 Å². The SMILES string of the molecule is CC.CCOC(=O)c1sc(C)nc1COC. The maximum Gasteiger partial charge on any atom is 0.350 e. The van der Waals surface area contributed by atoms with Crippen LogP contribution in [0.4, 0.5) is 0 Å². The molecule has 1 heterocycles. The number of methoxy groups -OCH3 is 1. The van der Waals surface area contributed by atoms with Gasteiger partial charge in [0, 0.05) is 7.11 Å². The number of nitrogens with zero attached hydrogens (tertiary/aromatic N) is 1. The summed E-state index contributed by atoms with van der Waals surface area (Å²) in [5.41, 5.74) is 0.661. The second-order valence-corrected chi connectivity index (χ2v) is 3.87. The third-order valence-corrected chi connectivity index (χ3v) is 2.54. The monoisotopic (exact) mass is 245 g/mol. The second kappa shape index (κ2) is 8.24. The van der Waals surface area contributed by atoms with E-state index in [1.54, 1.807) is 14.0 Å². The van der Waals surface area contributed by atoms with E-state index < -0.39 is 0 Å². The largest absolute Gasteiger partial charge is 0.462 e. The number of hydrogen-bond acceptors (Lipinski definition) is 5. The Hall–Kier alpha value is -0.940. The first-order valence-electron chi connectivity index (χ1n) is 5.31. The molecule has 4 nitrogen and oxygen atoms in total. The molecule has 0 bridgehead atoms. The van der Waals surface area contributed by atoms with E-state index in [2.05, 4.69) is 4.98 Å². The summed E-state index contributed by atoms with van der Waals surface area (Å²) in [4.78, 5) is 16.2. The minimum atomic E-state index is -0.315. The Labute approximate surface area is 101 Å². The molecule has 1 rings (SSSR count). The van der Waals surface area contributed by atoms with E-state index in [-0.39, 0.29) is 5.97 Å². The third kappa shape index (κ3) is 4.28. The van der Waals surface area contributed by atoms with Crippen molar-refractivity contribution in [2.24, 2.45) is 0 Å². The highest BCUT2D eigenvalue weighted by molar-refractivity contribution is 7.13. The summed E-state index contributed by atoms with van der Waals surface area (Å²) in [6.07, 6.45) is 0. The van der Waals surface area contributed by atoms with Crippen LogP contribution < -0.4 is 0 Å². The van der Waals surface area contributed by atoms with Crippen molar-refractivity contribution in [1.82, 2.24) is 4.98 Å². The molecule has 0 unspecified atom stereocenters. The lowest BCUT2D eigenvalue weighted by atomic mass is 10.4. The minimum Gasteiger partial charge on any atom is -0.462 e. The number of esters is 1. The Balaban J connectivity index is 0.00000106. The van der Waals surface area contributed by atoms with Gasteiger partial charge in [0.2, 0.25) is 0 Å². The van der Waals surface area contributed by atoms with E-state index in [1.165, 1.54) is 11.3 Å². The Morgan fingerprint density at radius 3 is 2.56 bits per heavy atom. The number of carbonyl (C=O) groups is 1. The summed E-state index contributed by atoms with van der Waals surface area (Å²) in [7, 11) is 1.57. The van der Waals surface area contributed by atoms with Gasteiger partial charge in [-0.2, -0.15) is 0 Å². The summed E-state index contributed by atoms with van der Waals surface area (Å²) in [6, 6.07) is 0. The lowest BCUT2D eigenvalue weighted by molar-refractivity contribution is 0.0527. The smallest absolute Gasteiger partial charge is 0.350 e. The van der Waals surface area contributed by atoms with Crippen molar-refractivity contribution in [2.45, 2.75) is 34.3 Å². The first kappa shape index (κ1) is 15.1. The van der Waals surface area contributed by atoms with E-state index in [0.717, 1.165) is 5.01 Å². The highest BCUT2D eigenvalue weighted by atomic mass is 32.1. The standard InChI is InChI=1S/C9H13NO3S.C2H6/c1-4-13-9(11)8-7(5-12-3)10-6(2)14-8;1-2/h4-5H2,1-3H3;1-2H3. The van der Waals surface area contributed by atoms with Gasteiger partial charge in [-0.25, -0.2) is 9.78 Å². The Kier molecular flexibility index (Phi) is 7.76. The van der Waals surface area contributed by atoms with Crippen LogP contribution in [0, 0.1) is 6.92 Å². The van der Waals surface area contributed by atoms with Gasteiger partial charge in [0.15, 0.2) is 0 Å². The second-order valence-electron chi connectivity index (χ2n) is 2.66. The molecule has 0 aliphatic heterocycles. The minimum absolute atomic E-state index is 0.315. The van der Waals surface area contributed by atoms with Gasteiger partial charge in [0.05, 0.1) is 23.9 Å². The fourth-order valence-corrected chi connectivity index (χ4v) is 1.88. The van der Waals surface area contributed by atoms with Gasteiger partial charge in [-0.1, -0.05) is 13.8 Å². The molecule has 0 saturated carbocycles. The van der Waals surface area contributed by atoms with E-state index in [4.69, 9.17) is 9.47 Å². The van der Waals surface area contributed by atoms with Crippen LogP contribution in [0.3, 0.4) is 0 Å². The Morgan fingerprint density at radius 2 is 2.06 bits per heavy atom. The molecule has 0 radical (unpaired) electrons. The van der Waals surface area contributed by atoms with Crippen molar-refractivity contribution in [3.63, 3.8) is 0 Å². The number of carbonyl (C=O) groups excluding carboxylic acids is 1. The lowest BCUT2D eigenvalue weighted by Crippen LogP contribution is -2.06. The molecule has 0 aliphatic carbocycles. The number of thiazole rings is 1. The molecule has 1 aromatic rings. The molecule has 0 aliphatic rings. The topological polar surface area (TPSA) is 48.4 Å². The van der Waals surface area contributed by atoms with E-state index in [1.807, 2.05) is 20.8 Å². The Morgan fingerprint density at radius 1 is 1.44 bits per heavy atom. The predicted octanol–water partition coefficient (Wildman–Crippen LogP) is 2.80. The number of rotatable bonds is 4. The Bertz CT molecular complexity index is 323. The van der Waals surface area contributed by atoms with Crippen molar-refractivity contribution in [1.29, 1.82) is 0 Å². The van der Waals surface area contributed by atoms with Crippen LogP contribution in [0.5, 0.6) is 0 Å². The van der Waals surface area contributed by atoms with E-state index >= 15 is 0 Å². The summed E-state index contributed by atoms with van der Waals surface area (Å²) < 4.78 is 9.85. The van der Waals surface area contributed by atoms with Crippen LogP contribution in [0.1, 0.15) is 41.1 Å². The molecular weight excluding hydrogens is 226 g/mol. The van der Waals surface area contributed by atoms with Crippen molar-refractivity contribution >= 4 is 17.3 Å². The van der Waals surface area contributed by atoms with Crippen molar-refractivity contribution in [2.75, 3.05) is 13.7 Å². The zero-order valence-corrected chi connectivity index (χ0v) is 11.3. The number of hydrogen-bond donors (Lipinski definition) is 0. The van der Waals surface area contributed by atoms with Gasteiger partial charge >= 0.3 is 5.97 Å². The van der Waals surface area contributed by atoms with E-state index in [0.29, 0.717) is 23.8 Å². The predicted molar refractivity (Wildman–Crippen MR) is 64.9 cm³/mol. The van der Waals surface area contributed by atoms with Crippen molar-refractivity contribution in [3.8, 4) is 0 Å². The fraction of sp³-hybridized carbons (Fsp3) is 0.636. The average molecular weight is 245 g/mol. The zero-order chi connectivity index (χ0) is 12.6. The lowest BCUT2D eigenvalue weighted by Gasteiger charge is -2.00. The average Bonchev–Trinajstić information content (AvgIpc) is 2.63. The summed E-state index contributed by atoms with van der Waals surface area (Å²) in [6.45, 7) is 8.36. The molecule has 92 valence electrons. The van der Waals surface area contributed by atoms with Gasteiger partial charge < -0.3 is 9.47 Å². The molecule has 1 aromatic heterocycles. The van der Waals surface area contributed by atoms with Crippen LogP contribution in [0.25, 0.3) is 0 Å². The summed E-state index contributed by atoms with van der Waals surface area (Å²) >= 11 is 1.34. The molecule has 0 N–H and O–H groups in total. The van der Waals surface area contributed by atoms with Crippen LogP contribution >= 0.6 is 11.3 Å². The first-order valence-corrected chi connectivity index (χ1v) is 6.13. The first-order chi connectivity index (χ1) is 7.69. The normalized spacial score (nSPS) is 9.31. The van der Waals surface area contributed by atoms with Gasteiger partial charge in [-0.3, -0.25) is 0 Å². The molecule has 5 heteroatoms. The van der Waals surface area contributed by atoms with Gasteiger partial charge in [0.1, 0.15) is 4.88 Å². The molecule has 0 aromatic carbocycles. The maximum atomic E-state index is 11.4.